The van der Waals surface area contributed by atoms with Gasteiger partial charge in [0.05, 0.1) is 5.02 Å². The summed E-state index contributed by atoms with van der Waals surface area (Å²) in [6, 6.07) is 3.66. The van der Waals surface area contributed by atoms with E-state index in [1.165, 1.54) is 0 Å². The Bertz CT molecular complexity index is 413. The van der Waals surface area contributed by atoms with Crippen LogP contribution in [0.1, 0.15) is 51.2 Å². The number of rotatable bonds is 5. The molecule has 0 aliphatic heterocycles. The zero-order valence-electron chi connectivity index (χ0n) is 11.7. The molecule has 0 amide bonds. The fraction of sp³-hybridized carbons (Fsp3) is 0.600. The highest BCUT2D eigenvalue weighted by Crippen LogP contribution is 2.28. The van der Waals surface area contributed by atoms with Gasteiger partial charge in [-0.1, -0.05) is 45.4 Å². The lowest BCUT2D eigenvalue weighted by Crippen LogP contribution is -2.24. The monoisotopic (exact) mass is 271 g/mol. The van der Waals surface area contributed by atoms with Crippen molar-refractivity contribution in [3.05, 3.63) is 34.1 Å². The van der Waals surface area contributed by atoms with Crippen molar-refractivity contribution >= 4 is 11.6 Å². The Morgan fingerprint density at radius 3 is 2.44 bits per heavy atom. The number of benzene rings is 1. The minimum absolute atomic E-state index is 0.110. The zero-order valence-corrected chi connectivity index (χ0v) is 12.4. The van der Waals surface area contributed by atoms with E-state index in [1.54, 1.807) is 6.07 Å². The van der Waals surface area contributed by atoms with Gasteiger partial charge in [0.25, 0.3) is 0 Å². The van der Waals surface area contributed by atoms with Gasteiger partial charge in [-0.3, -0.25) is 0 Å². The van der Waals surface area contributed by atoms with E-state index in [9.17, 15) is 4.39 Å². The number of aryl methyl sites for hydroxylation is 1. The van der Waals surface area contributed by atoms with E-state index in [1.807, 2.05) is 19.9 Å². The van der Waals surface area contributed by atoms with Crippen molar-refractivity contribution in [2.75, 3.05) is 6.54 Å². The molecule has 0 heterocycles. The van der Waals surface area contributed by atoms with Crippen molar-refractivity contribution in [2.24, 2.45) is 11.1 Å². The smallest absolute Gasteiger partial charge is 0.145 e. The van der Waals surface area contributed by atoms with Crippen LogP contribution in [-0.2, 0) is 6.42 Å². The van der Waals surface area contributed by atoms with E-state index in [0.717, 1.165) is 18.4 Å². The second-order valence-electron chi connectivity index (χ2n) is 6.00. The quantitative estimate of drug-likeness (QED) is 0.837. The molecule has 1 aromatic carbocycles. The SMILES string of the molecule is CC(C)c1cc(CCC(C)(C)CN)cc(Cl)c1F. The highest BCUT2D eigenvalue weighted by Gasteiger charge is 2.17. The Labute approximate surface area is 115 Å². The lowest BCUT2D eigenvalue weighted by atomic mass is 9.86. The minimum Gasteiger partial charge on any atom is -0.330 e. The van der Waals surface area contributed by atoms with E-state index < -0.39 is 0 Å². The first kappa shape index (κ1) is 15.5. The van der Waals surface area contributed by atoms with Crippen LogP contribution in [-0.4, -0.2) is 6.54 Å². The molecule has 0 bridgehead atoms. The molecule has 0 saturated heterocycles. The molecule has 0 aliphatic rings. The van der Waals surface area contributed by atoms with Gasteiger partial charge in [-0.05, 0) is 47.9 Å². The maximum absolute atomic E-state index is 13.8. The molecule has 0 spiro atoms. The molecule has 0 saturated carbocycles. The van der Waals surface area contributed by atoms with Crippen molar-refractivity contribution in [1.82, 2.24) is 0 Å². The molecule has 0 radical (unpaired) electrons. The third-order valence-electron chi connectivity index (χ3n) is 3.38. The van der Waals surface area contributed by atoms with Crippen LogP contribution >= 0.6 is 11.6 Å². The summed E-state index contributed by atoms with van der Waals surface area (Å²) in [5, 5.41) is 0.224. The van der Waals surface area contributed by atoms with Gasteiger partial charge in [0, 0.05) is 0 Å². The van der Waals surface area contributed by atoms with E-state index in [-0.39, 0.29) is 22.2 Å². The lowest BCUT2D eigenvalue weighted by molar-refractivity contribution is 0.348. The standard InChI is InChI=1S/C15H23ClFN/c1-10(2)12-7-11(8-13(16)14(12)17)5-6-15(3,4)9-18/h7-8,10H,5-6,9,18H2,1-4H3. The van der Waals surface area contributed by atoms with Gasteiger partial charge in [-0.15, -0.1) is 0 Å². The molecule has 2 N–H and O–H groups in total. The largest absolute Gasteiger partial charge is 0.330 e. The molecule has 102 valence electrons. The highest BCUT2D eigenvalue weighted by atomic mass is 35.5. The van der Waals surface area contributed by atoms with Crippen molar-refractivity contribution in [1.29, 1.82) is 0 Å². The van der Waals surface area contributed by atoms with Crippen LogP contribution in [0.25, 0.3) is 0 Å². The number of nitrogens with two attached hydrogens (primary N) is 1. The molecule has 0 unspecified atom stereocenters. The van der Waals surface area contributed by atoms with E-state index in [2.05, 4.69) is 13.8 Å². The van der Waals surface area contributed by atoms with Crippen LogP contribution in [0.5, 0.6) is 0 Å². The normalized spacial score (nSPS) is 12.2. The van der Waals surface area contributed by atoms with Gasteiger partial charge in [0.2, 0.25) is 0 Å². The molecule has 1 rings (SSSR count). The second kappa shape index (κ2) is 6.03. The highest BCUT2D eigenvalue weighted by molar-refractivity contribution is 6.30. The first-order valence-corrected chi connectivity index (χ1v) is 6.82. The average molecular weight is 272 g/mol. The molecule has 0 fully saturated rings. The Hall–Kier alpha value is -0.600. The van der Waals surface area contributed by atoms with Crippen LogP contribution < -0.4 is 5.73 Å². The summed E-state index contributed by atoms with van der Waals surface area (Å²) in [5.41, 5.74) is 7.61. The van der Waals surface area contributed by atoms with Gasteiger partial charge in [0.1, 0.15) is 5.82 Å². The lowest BCUT2D eigenvalue weighted by Gasteiger charge is -2.22. The van der Waals surface area contributed by atoms with Crippen LogP contribution in [0.3, 0.4) is 0 Å². The molecule has 0 aliphatic carbocycles. The van der Waals surface area contributed by atoms with Gasteiger partial charge >= 0.3 is 0 Å². The Morgan fingerprint density at radius 2 is 1.94 bits per heavy atom. The molecular formula is C15H23ClFN. The summed E-state index contributed by atoms with van der Waals surface area (Å²) in [7, 11) is 0. The predicted molar refractivity (Wildman–Crippen MR) is 76.7 cm³/mol. The summed E-state index contributed by atoms with van der Waals surface area (Å²) in [6.45, 7) is 8.88. The molecule has 3 heteroatoms. The maximum atomic E-state index is 13.8. The second-order valence-corrected chi connectivity index (χ2v) is 6.41. The molecule has 18 heavy (non-hydrogen) atoms. The van der Waals surface area contributed by atoms with E-state index in [4.69, 9.17) is 17.3 Å². The third kappa shape index (κ3) is 3.96. The Kier molecular flexibility index (Phi) is 5.18. The summed E-state index contributed by atoms with van der Waals surface area (Å²) in [4.78, 5) is 0. The van der Waals surface area contributed by atoms with Crippen LogP contribution in [0.2, 0.25) is 5.02 Å². The molecule has 1 nitrogen and oxygen atoms in total. The topological polar surface area (TPSA) is 26.0 Å². The molecule has 0 atom stereocenters. The fourth-order valence-electron chi connectivity index (χ4n) is 1.82. The third-order valence-corrected chi connectivity index (χ3v) is 3.66. The summed E-state index contributed by atoms with van der Waals surface area (Å²) >= 11 is 5.95. The van der Waals surface area contributed by atoms with Gasteiger partial charge < -0.3 is 5.73 Å². The van der Waals surface area contributed by atoms with Gasteiger partial charge in [-0.25, -0.2) is 4.39 Å². The summed E-state index contributed by atoms with van der Waals surface area (Å²) in [5.74, 6) is -0.140. The predicted octanol–water partition coefficient (Wildman–Crippen LogP) is 4.52. The molecule has 1 aromatic rings. The van der Waals surface area contributed by atoms with Crippen molar-refractivity contribution < 1.29 is 4.39 Å². The summed E-state index contributed by atoms with van der Waals surface area (Å²) in [6.07, 6.45) is 1.85. The van der Waals surface area contributed by atoms with Gasteiger partial charge in [-0.2, -0.15) is 0 Å². The maximum Gasteiger partial charge on any atom is 0.145 e. The van der Waals surface area contributed by atoms with E-state index >= 15 is 0 Å². The Morgan fingerprint density at radius 1 is 1.33 bits per heavy atom. The first-order valence-electron chi connectivity index (χ1n) is 6.44. The van der Waals surface area contributed by atoms with Crippen LogP contribution in [0.4, 0.5) is 4.39 Å². The van der Waals surface area contributed by atoms with E-state index in [0.29, 0.717) is 12.1 Å². The van der Waals surface area contributed by atoms with Crippen molar-refractivity contribution in [2.45, 2.75) is 46.5 Å². The van der Waals surface area contributed by atoms with Gasteiger partial charge in [0.15, 0.2) is 0 Å². The number of halogens is 2. The average Bonchev–Trinajstić information content (AvgIpc) is 2.30. The number of hydrogen-bond acceptors (Lipinski definition) is 1. The Balaban J connectivity index is 2.91. The minimum atomic E-state index is -0.284. The first-order chi connectivity index (χ1) is 8.26. The zero-order chi connectivity index (χ0) is 13.9. The van der Waals surface area contributed by atoms with Crippen molar-refractivity contribution in [3.8, 4) is 0 Å². The molecular weight excluding hydrogens is 249 g/mol. The fourth-order valence-corrected chi connectivity index (χ4v) is 2.07. The summed E-state index contributed by atoms with van der Waals surface area (Å²) < 4.78 is 13.8. The molecule has 0 aromatic heterocycles. The van der Waals surface area contributed by atoms with Crippen molar-refractivity contribution in [3.63, 3.8) is 0 Å². The number of hydrogen-bond donors (Lipinski definition) is 1. The van der Waals surface area contributed by atoms with Crippen LogP contribution in [0, 0.1) is 11.2 Å². The van der Waals surface area contributed by atoms with Crippen LogP contribution in [0.15, 0.2) is 12.1 Å².